The number of hydrogen-bond donors (Lipinski definition) is 2. The molecule has 0 aliphatic heterocycles. The van der Waals surface area contributed by atoms with Gasteiger partial charge in [-0.1, -0.05) is 6.92 Å². The Morgan fingerprint density at radius 2 is 2.25 bits per heavy atom. The molecule has 1 heterocycles. The quantitative estimate of drug-likeness (QED) is 0.812. The summed E-state index contributed by atoms with van der Waals surface area (Å²) in [6.45, 7) is 1.91. The second-order valence-electron chi connectivity index (χ2n) is 4.49. The summed E-state index contributed by atoms with van der Waals surface area (Å²) in [6, 6.07) is 5.00. The Bertz CT molecular complexity index is 621. The van der Waals surface area contributed by atoms with Crippen LogP contribution >= 0.6 is 0 Å². The van der Waals surface area contributed by atoms with Crippen molar-refractivity contribution >= 4 is 22.9 Å². The largest absolute Gasteiger partial charge is 0.469 e. The van der Waals surface area contributed by atoms with E-state index in [2.05, 4.69) is 20.0 Å². The van der Waals surface area contributed by atoms with Crippen LogP contribution in [0.1, 0.15) is 30.1 Å². The van der Waals surface area contributed by atoms with Crippen molar-refractivity contribution in [2.45, 2.75) is 25.8 Å². The first-order chi connectivity index (χ1) is 9.63. The van der Waals surface area contributed by atoms with Gasteiger partial charge in [-0.3, -0.25) is 9.59 Å². The Morgan fingerprint density at radius 3 is 2.95 bits per heavy atom. The maximum Gasteiger partial charge on any atom is 0.307 e. The van der Waals surface area contributed by atoms with Crippen LogP contribution in [-0.2, 0) is 9.53 Å². The Labute approximate surface area is 116 Å². The number of esters is 1. The number of aromatic nitrogens is 2. The fourth-order valence-corrected chi connectivity index (χ4v) is 1.93. The molecule has 0 aliphatic rings. The lowest BCUT2D eigenvalue weighted by atomic mass is 10.1. The normalized spacial score (nSPS) is 12.1. The summed E-state index contributed by atoms with van der Waals surface area (Å²) in [5.41, 5.74) is 2.15. The Hall–Kier alpha value is -2.37. The number of benzene rings is 1. The number of H-pyrrole nitrogens is 1. The smallest absolute Gasteiger partial charge is 0.307 e. The average molecular weight is 275 g/mol. The number of carbonyl (C=O) groups excluding carboxylic acids is 2. The highest BCUT2D eigenvalue weighted by Gasteiger charge is 2.16. The number of ether oxygens (including phenoxy) is 1. The van der Waals surface area contributed by atoms with Crippen LogP contribution in [0.25, 0.3) is 11.0 Å². The summed E-state index contributed by atoms with van der Waals surface area (Å²) in [5.74, 6) is -0.543. The van der Waals surface area contributed by atoms with Crippen molar-refractivity contribution < 1.29 is 14.3 Å². The molecular formula is C14H17N3O3. The van der Waals surface area contributed by atoms with Gasteiger partial charge in [0, 0.05) is 11.6 Å². The fraction of sp³-hybridized carbons (Fsp3) is 0.357. The second kappa shape index (κ2) is 6.18. The predicted molar refractivity (Wildman–Crippen MR) is 74.3 cm³/mol. The number of imidazole rings is 1. The summed E-state index contributed by atoms with van der Waals surface area (Å²) in [4.78, 5) is 30.5. The molecule has 0 spiro atoms. The second-order valence-corrected chi connectivity index (χ2v) is 4.49. The summed E-state index contributed by atoms with van der Waals surface area (Å²) in [6.07, 6.45) is 2.41. The number of amides is 1. The molecule has 1 aromatic carbocycles. The molecule has 106 valence electrons. The molecule has 0 saturated carbocycles. The van der Waals surface area contributed by atoms with Gasteiger partial charge in [0.15, 0.2) is 0 Å². The Kier molecular flexibility index (Phi) is 4.34. The van der Waals surface area contributed by atoms with E-state index in [0.29, 0.717) is 12.0 Å². The van der Waals surface area contributed by atoms with Crippen molar-refractivity contribution in [3.8, 4) is 0 Å². The molecule has 0 bridgehead atoms. The van der Waals surface area contributed by atoms with Gasteiger partial charge < -0.3 is 15.0 Å². The summed E-state index contributed by atoms with van der Waals surface area (Å²) in [7, 11) is 1.34. The van der Waals surface area contributed by atoms with Gasteiger partial charge in [0.25, 0.3) is 5.91 Å². The summed E-state index contributed by atoms with van der Waals surface area (Å²) < 4.78 is 4.61. The monoisotopic (exact) mass is 275 g/mol. The van der Waals surface area contributed by atoms with Crippen LogP contribution in [0.15, 0.2) is 24.5 Å². The van der Waals surface area contributed by atoms with Crippen molar-refractivity contribution in [3.63, 3.8) is 0 Å². The average Bonchev–Trinajstić information content (AvgIpc) is 2.93. The predicted octanol–water partition coefficient (Wildman–Crippen LogP) is 1.63. The molecule has 0 aliphatic carbocycles. The number of nitrogens with zero attached hydrogens (tertiary/aromatic N) is 1. The van der Waals surface area contributed by atoms with Gasteiger partial charge in [-0.05, 0) is 24.6 Å². The number of fused-ring (bicyclic) bond motifs is 1. The highest BCUT2D eigenvalue weighted by atomic mass is 16.5. The van der Waals surface area contributed by atoms with E-state index in [9.17, 15) is 9.59 Å². The molecule has 2 aromatic rings. The molecule has 0 radical (unpaired) electrons. The minimum Gasteiger partial charge on any atom is -0.469 e. The van der Waals surface area contributed by atoms with E-state index in [4.69, 9.17) is 0 Å². The molecule has 20 heavy (non-hydrogen) atoms. The number of nitrogens with one attached hydrogen (secondary N) is 2. The topological polar surface area (TPSA) is 84.1 Å². The van der Waals surface area contributed by atoms with E-state index < -0.39 is 0 Å². The van der Waals surface area contributed by atoms with Crippen LogP contribution in [0.4, 0.5) is 0 Å². The van der Waals surface area contributed by atoms with Gasteiger partial charge in [-0.15, -0.1) is 0 Å². The number of rotatable bonds is 5. The standard InChI is InChI=1S/C14H17N3O3/c1-3-10(7-13(18)20-2)17-14(19)9-4-5-11-12(6-9)16-8-15-11/h4-6,8,10H,3,7H2,1-2H3,(H,15,16)(H,17,19). The molecule has 6 nitrogen and oxygen atoms in total. The maximum absolute atomic E-state index is 12.2. The highest BCUT2D eigenvalue weighted by Crippen LogP contribution is 2.12. The molecule has 2 rings (SSSR count). The zero-order valence-electron chi connectivity index (χ0n) is 11.5. The first-order valence-electron chi connectivity index (χ1n) is 6.44. The number of aromatic amines is 1. The number of methoxy groups -OCH3 is 1. The van der Waals surface area contributed by atoms with Crippen LogP contribution in [0.5, 0.6) is 0 Å². The van der Waals surface area contributed by atoms with Gasteiger partial charge in [-0.25, -0.2) is 4.98 Å². The molecule has 1 aromatic heterocycles. The molecule has 1 atom stereocenters. The minimum atomic E-state index is -0.332. The summed E-state index contributed by atoms with van der Waals surface area (Å²) >= 11 is 0. The molecule has 6 heteroatoms. The minimum absolute atomic E-state index is 0.172. The van der Waals surface area contributed by atoms with Crippen molar-refractivity contribution in [1.82, 2.24) is 15.3 Å². The van der Waals surface area contributed by atoms with Gasteiger partial charge in [0.1, 0.15) is 0 Å². The molecule has 0 fully saturated rings. The van der Waals surface area contributed by atoms with Crippen molar-refractivity contribution in [1.29, 1.82) is 0 Å². The van der Waals surface area contributed by atoms with Crippen LogP contribution in [0.3, 0.4) is 0 Å². The van der Waals surface area contributed by atoms with E-state index in [1.54, 1.807) is 24.5 Å². The van der Waals surface area contributed by atoms with E-state index in [-0.39, 0.29) is 24.3 Å². The van der Waals surface area contributed by atoms with Crippen LogP contribution in [0.2, 0.25) is 0 Å². The zero-order chi connectivity index (χ0) is 14.5. The van der Waals surface area contributed by atoms with Crippen LogP contribution < -0.4 is 5.32 Å². The number of hydrogen-bond acceptors (Lipinski definition) is 4. The molecule has 2 N–H and O–H groups in total. The lowest BCUT2D eigenvalue weighted by molar-refractivity contribution is -0.141. The number of carbonyl (C=O) groups is 2. The van der Waals surface area contributed by atoms with Crippen molar-refractivity contribution in [2.75, 3.05) is 7.11 Å². The Balaban J connectivity index is 2.07. The van der Waals surface area contributed by atoms with E-state index in [1.807, 2.05) is 6.92 Å². The first-order valence-corrected chi connectivity index (χ1v) is 6.44. The van der Waals surface area contributed by atoms with E-state index in [0.717, 1.165) is 11.0 Å². The van der Waals surface area contributed by atoms with Crippen molar-refractivity contribution in [3.05, 3.63) is 30.1 Å². The van der Waals surface area contributed by atoms with E-state index in [1.165, 1.54) is 7.11 Å². The van der Waals surface area contributed by atoms with Crippen molar-refractivity contribution in [2.24, 2.45) is 0 Å². The first kappa shape index (κ1) is 14.0. The Morgan fingerprint density at radius 1 is 1.45 bits per heavy atom. The summed E-state index contributed by atoms with van der Waals surface area (Å²) in [5, 5.41) is 2.83. The van der Waals surface area contributed by atoms with E-state index >= 15 is 0 Å². The van der Waals surface area contributed by atoms with Crippen LogP contribution in [-0.4, -0.2) is 35.0 Å². The zero-order valence-corrected chi connectivity index (χ0v) is 11.5. The maximum atomic E-state index is 12.2. The van der Waals surface area contributed by atoms with Crippen LogP contribution in [0, 0.1) is 0 Å². The molecule has 0 saturated heterocycles. The SMILES string of the molecule is CCC(CC(=O)OC)NC(=O)c1ccc2nc[nH]c2c1. The molecule has 1 unspecified atom stereocenters. The third-order valence-corrected chi connectivity index (χ3v) is 3.15. The highest BCUT2D eigenvalue weighted by molar-refractivity contribution is 5.97. The lowest BCUT2D eigenvalue weighted by Crippen LogP contribution is -2.36. The third-order valence-electron chi connectivity index (χ3n) is 3.15. The van der Waals surface area contributed by atoms with Gasteiger partial charge in [0.05, 0.1) is 30.9 Å². The molecular weight excluding hydrogens is 258 g/mol. The third kappa shape index (κ3) is 3.14. The van der Waals surface area contributed by atoms with Gasteiger partial charge in [0.2, 0.25) is 0 Å². The molecule has 1 amide bonds. The lowest BCUT2D eigenvalue weighted by Gasteiger charge is -2.15. The van der Waals surface area contributed by atoms with Gasteiger partial charge in [-0.2, -0.15) is 0 Å². The fourth-order valence-electron chi connectivity index (χ4n) is 1.93. The van der Waals surface area contributed by atoms with Gasteiger partial charge >= 0.3 is 5.97 Å².